The maximum atomic E-state index is 8.33. The van der Waals surface area contributed by atoms with E-state index >= 15 is 0 Å². The summed E-state index contributed by atoms with van der Waals surface area (Å²) in [5, 5.41) is 16.6. The van der Waals surface area contributed by atoms with Crippen LogP contribution in [0, 0.1) is 22.7 Å². The van der Waals surface area contributed by atoms with E-state index < -0.39 is 0 Å². The summed E-state index contributed by atoms with van der Waals surface area (Å²) in [7, 11) is 0. The Morgan fingerprint density at radius 2 is 1.90 bits per heavy atom. The first-order valence-electron chi connectivity index (χ1n) is 2.58. The Labute approximate surface area is 60.0 Å². The Bertz CT molecular complexity index is 258. The third-order valence-electron chi connectivity index (χ3n) is 0.822. The van der Waals surface area contributed by atoms with Gasteiger partial charge in [0.05, 0.1) is 17.7 Å². The van der Waals surface area contributed by atoms with Crippen LogP contribution in [0.5, 0.6) is 0 Å². The van der Waals surface area contributed by atoms with Crippen LogP contribution in [0.15, 0.2) is 36.5 Å². The van der Waals surface area contributed by atoms with E-state index in [-0.39, 0.29) is 5.57 Å². The molecule has 0 aliphatic heterocycles. The Morgan fingerprint density at radius 3 is 2.20 bits per heavy atom. The maximum Gasteiger partial charge on any atom is 0.0991 e. The third kappa shape index (κ3) is 2.49. The number of nitrogens with zero attached hydrogens (tertiary/aromatic N) is 2. The molecule has 0 amide bonds. The fourth-order valence-corrected chi connectivity index (χ4v) is 0.357. The summed E-state index contributed by atoms with van der Waals surface area (Å²) in [4.78, 5) is 0. The lowest BCUT2D eigenvalue weighted by Crippen LogP contribution is -1.72. The highest BCUT2D eigenvalue weighted by Crippen LogP contribution is 1.98. The van der Waals surface area contributed by atoms with Gasteiger partial charge in [0, 0.05) is 5.57 Å². The van der Waals surface area contributed by atoms with Crippen molar-refractivity contribution in [3.05, 3.63) is 36.5 Å². The van der Waals surface area contributed by atoms with E-state index in [9.17, 15) is 0 Å². The van der Waals surface area contributed by atoms with Gasteiger partial charge < -0.3 is 0 Å². The van der Waals surface area contributed by atoms with Gasteiger partial charge in [-0.3, -0.25) is 0 Å². The lowest BCUT2D eigenvalue weighted by atomic mass is 10.2. The second-order valence-electron chi connectivity index (χ2n) is 1.55. The molecule has 2 nitrogen and oxygen atoms in total. The standard InChI is InChI=1S/C8H6N2/c1-3-8(6-10)4-7(2)5-9/h3-4H,1-2H2/b8-4+. The van der Waals surface area contributed by atoms with Crippen molar-refractivity contribution in [2.45, 2.75) is 0 Å². The molecule has 0 bridgehead atoms. The fraction of sp³-hybridized carbons (Fsp3) is 0. The molecule has 0 aromatic carbocycles. The van der Waals surface area contributed by atoms with Gasteiger partial charge in [0.1, 0.15) is 0 Å². The van der Waals surface area contributed by atoms with Gasteiger partial charge in [0.15, 0.2) is 0 Å². The molecular formula is C8H6N2. The highest BCUT2D eigenvalue weighted by atomic mass is 14.2. The molecule has 0 heterocycles. The Hall–Kier alpha value is -1.80. The first-order valence-corrected chi connectivity index (χ1v) is 2.58. The van der Waals surface area contributed by atoms with Gasteiger partial charge in [-0.15, -0.1) is 0 Å². The summed E-state index contributed by atoms with van der Waals surface area (Å²) >= 11 is 0. The predicted molar refractivity (Wildman–Crippen MR) is 38.6 cm³/mol. The van der Waals surface area contributed by atoms with E-state index in [1.54, 1.807) is 6.07 Å². The second kappa shape index (κ2) is 4.12. The van der Waals surface area contributed by atoms with E-state index in [4.69, 9.17) is 10.5 Å². The van der Waals surface area contributed by atoms with Crippen LogP contribution in [-0.2, 0) is 0 Å². The van der Waals surface area contributed by atoms with Gasteiger partial charge in [0.25, 0.3) is 0 Å². The second-order valence-corrected chi connectivity index (χ2v) is 1.55. The summed E-state index contributed by atoms with van der Waals surface area (Å²) in [6.45, 7) is 6.75. The van der Waals surface area contributed by atoms with Crippen LogP contribution in [0.3, 0.4) is 0 Å². The first-order chi connectivity index (χ1) is 4.74. The molecule has 0 aromatic rings. The zero-order chi connectivity index (χ0) is 7.98. The van der Waals surface area contributed by atoms with Crippen molar-refractivity contribution in [3.8, 4) is 12.1 Å². The van der Waals surface area contributed by atoms with Crippen LogP contribution >= 0.6 is 0 Å². The maximum absolute atomic E-state index is 8.33. The minimum absolute atomic E-state index is 0.261. The molecule has 0 saturated heterocycles. The summed E-state index contributed by atoms with van der Waals surface area (Å²) < 4.78 is 0. The normalized spacial score (nSPS) is 9.20. The molecule has 0 saturated carbocycles. The number of nitriles is 2. The number of hydrogen-bond acceptors (Lipinski definition) is 2. The van der Waals surface area contributed by atoms with Crippen LogP contribution in [0.2, 0.25) is 0 Å². The minimum atomic E-state index is 0.261. The van der Waals surface area contributed by atoms with E-state index in [1.807, 2.05) is 6.07 Å². The smallest absolute Gasteiger partial charge is 0.0991 e. The lowest BCUT2D eigenvalue weighted by Gasteiger charge is -1.82. The largest absolute Gasteiger partial charge is 0.192 e. The molecule has 0 N–H and O–H groups in total. The topological polar surface area (TPSA) is 47.6 Å². The van der Waals surface area contributed by atoms with Crippen LogP contribution in [0.4, 0.5) is 0 Å². The molecule has 0 aliphatic carbocycles. The minimum Gasteiger partial charge on any atom is -0.192 e. The van der Waals surface area contributed by atoms with Gasteiger partial charge >= 0.3 is 0 Å². The van der Waals surface area contributed by atoms with Crippen molar-refractivity contribution < 1.29 is 0 Å². The molecule has 0 fully saturated rings. The highest BCUT2D eigenvalue weighted by molar-refractivity contribution is 5.42. The van der Waals surface area contributed by atoms with Crippen molar-refractivity contribution in [1.82, 2.24) is 0 Å². The Kier molecular flexibility index (Phi) is 3.38. The van der Waals surface area contributed by atoms with Crippen LogP contribution in [-0.4, -0.2) is 0 Å². The Balaban J connectivity index is 4.48. The lowest BCUT2D eigenvalue weighted by molar-refractivity contribution is 1.47. The van der Waals surface area contributed by atoms with Crippen LogP contribution in [0.1, 0.15) is 0 Å². The van der Waals surface area contributed by atoms with Gasteiger partial charge in [-0.1, -0.05) is 19.2 Å². The summed E-state index contributed by atoms with van der Waals surface area (Å²) in [5.41, 5.74) is 0.614. The molecule has 0 radical (unpaired) electrons. The molecule has 0 atom stereocenters. The number of allylic oxidation sites excluding steroid dienone is 4. The van der Waals surface area contributed by atoms with E-state index in [2.05, 4.69) is 13.2 Å². The van der Waals surface area contributed by atoms with Crippen molar-refractivity contribution in [2.24, 2.45) is 0 Å². The van der Waals surface area contributed by atoms with E-state index in [0.29, 0.717) is 5.57 Å². The molecular weight excluding hydrogens is 124 g/mol. The van der Waals surface area contributed by atoms with Gasteiger partial charge in [0.2, 0.25) is 0 Å². The average Bonchev–Trinajstić information content (AvgIpc) is 1.99. The molecule has 2 heteroatoms. The van der Waals surface area contributed by atoms with Crippen molar-refractivity contribution in [3.63, 3.8) is 0 Å². The summed E-state index contributed by atoms with van der Waals surface area (Å²) in [6, 6.07) is 3.64. The molecule has 0 aromatic heterocycles. The zero-order valence-corrected chi connectivity index (χ0v) is 5.46. The first kappa shape index (κ1) is 8.20. The van der Waals surface area contributed by atoms with Gasteiger partial charge in [-0.05, 0) is 6.08 Å². The zero-order valence-electron chi connectivity index (χ0n) is 5.46. The molecule has 48 valence electrons. The SMILES string of the molecule is C=C/C(C#N)=C\C(=C)C#N. The molecule has 0 spiro atoms. The quantitative estimate of drug-likeness (QED) is 0.422. The molecule has 0 aliphatic rings. The fourth-order valence-electron chi connectivity index (χ4n) is 0.357. The van der Waals surface area contributed by atoms with Gasteiger partial charge in [-0.25, -0.2) is 0 Å². The van der Waals surface area contributed by atoms with E-state index in [1.165, 1.54) is 12.2 Å². The predicted octanol–water partition coefficient (Wildman–Crippen LogP) is 1.70. The van der Waals surface area contributed by atoms with Crippen molar-refractivity contribution >= 4 is 0 Å². The Morgan fingerprint density at radius 1 is 1.30 bits per heavy atom. The van der Waals surface area contributed by atoms with E-state index in [0.717, 1.165) is 0 Å². The van der Waals surface area contributed by atoms with Crippen molar-refractivity contribution in [1.29, 1.82) is 10.5 Å². The summed E-state index contributed by atoms with van der Waals surface area (Å²) in [6.07, 6.45) is 2.76. The molecule has 0 rings (SSSR count). The molecule has 0 unspecified atom stereocenters. The third-order valence-corrected chi connectivity index (χ3v) is 0.822. The number of hydrogen-bond donors (Lipinski definition) is 0. The van der Waals surface area contributed by atoms with Crippen LogP contribution < -0.4 is 0 Å². The monoisotopic (exact) mass is 130 g/mol. The van der Waals surface area contributed by atoms with Gasteiger partial charge in [-0.2, -0.15) is 10.5 Å². The van der Waals surface area contributed by atoms with Crippen LogP contribution in [0.25, 0.3) is 0 Å². The van der Waals surface area contributed by atoms with Crippen molar-refractivity contribution in [2.75, 3.05) is 0 Å². The molecule has 10 heavy (non-hydrogen) atoms. The highest BCUT2D eigenvalue weighted by Gasteiger charge is 1.87. The average molecular weight is 130 g/mol. The number of rotatable bonds is 2. The summed E-state index contributed by atoms with van der Waals surface area (Å²) in [5.74, 6) is 0.